The summed E-state index contributed by atoms with van der Waals surface area (Å²) in [5.74, 6) is 0.104. The Labute approximate surface area is 166 Å². The number of carbonyl (C=O) groups excluding carboxylic acids is 3. The first-order valence-electron chi connectivity index (χ1n) is 9.91. The van der Waals surface area contributed by atoms with Gasteiger partial charge < -0.3 is 15.0 Å². The molecule has 4 amide bonds. The van der Waals surface area contributed by atoms with Gasteiger partial charge >= 0.3 is 6.03 Å². The van der Waals surface area contributed by atoms with Gasteiger partial charge in [-0.25, -0.2) is 4.79 Å². The fraction of sp³-hybridized carbons (Fsp3) is 0.571. The number of anilines is 1. The summed E-state index contributed by atoms with van der Waals surface area (Å²) >= 11 is 0. The quantitative estimate of drug-likeness (QED) is 0.786. The molecule has 1 aromatic carbocycles. The molecule has 1 saturated carbocycles. The monoisotopic (exact) mass is 387 g/mol. The zero-order valence-electron chi connectivity index (χ0n) is 17.1. The Bertz CT molecular complexity index is 784. The molecule has 2 fully saturated rings. The maximum absolute atomic E-state index is 13.0. The second kappa shape index (κ2) is 7.81. The molecule has 1 saturated heterocycles. The summed E-state index contributed by atoms with van der Waals surface area (Å²) in [5.41, 5.74) is 0.730. The Hall–Kier alpha value is -2.57. The third-order valence-electron chi connectivity index (χ3n) is 5.63. The van der Waals surface area contributed by atoms with Gasteiger partial charge in [-0.15, -0.1) is 0 Å². The molecule has 0 radical (unpaired) electrons. The van der Waals surface area contributed by atoms with Crippen LogP contribution in [0.15, 0.2) is 18.2 Å². The maximum Gasteiger partial charge on any atom is 0.327 e. The van der Waals surface area contributed by atoms with Crippen molar-refractivity contribution in [3.63, 3.8) is 0 Å². The number of aryl methyl sites for hydroxylation is 1. The summed E-state index contributed by atoms with van der Waals surface area (Å²) in [7, 11) is 1.67. The Kier molecular flexibility index (Phi) is 5.63. The number of nitrogens with zero attached hydrogens (tertiary/aromatic N) is 2. The lowest BCUT2D eigenvalue weighted by Crippen LogP contribution is -2.49. The minimum absolute atomic E-state index is 0.0659. The van der Waals surface area contributed by atoms with E-state index in [0.29, 0.717) is 18.5 Å². The molecular formula is C21H29N3O4. The molecule has 7 nitrogen and oxygen atoms in total. The first-order valence-corrected chi connectivity index (χ1v) is 9.91. The number of amides is 4. The van der Waals surface area contributed by atoms with Crippen LogP contribution in [0.1, 0.15) is 51.5 Å². The summed E-state index contributed by atoms with van der Waals surface area (Å²) in [5, 5.41) is 2.81. The SMILES string of the molecule is Cc1cc(OC(C)C)ccc1NC(=O)CN1C(=O)N(C)C2(CCCCC2)C1=O. The highest BCUT2D eigenvalue weighted by atomic mass is 16.5. The van der Waals surface area contributed by atoms with Crippen LogP contribution in [0.2, 0.25) is 0 Å². The molecule has 28 heavy (non-hydrogen) atoms. The molecule has 3 rings (SSSR count). The van der Waals surface area contributed by atoms with Gasteiger partial charge in [-0.1, -0.05) is 19.3 Å². The van der Waals surface area contributed by atoms with E-state index in [9.17, 15) is 14.4 Å². The average Bonchev–Trinajstić information content (AvgIpc) is 2.81. The lowest BCUT2D eigenvalue weighted by atomic mass is 9.81. The molecule has 2 aliphatic rings. The highest BCUT2D eigenvalue weighted by molar-refractivity contribution is 6.10. The van der Waals surface area contributed by atoms with Gasteiger partial charge in [0.25, 0.3) is 5.91 Å². The summed E-state index contributed by atoms with van der Waals surface area (Å²) in [6.45, 7) is 5.50. The third kappa shape index (κ3) is 3.70. The van der Waals surface area contributed by atoms with Crippen molar-refractivity contribution >= 4 is 23.5 Å². The second-order valence-corrected chi connectivity index (χ2v) is 8.02. The predicted molar refractivity (Wildman–Crippen MR) is 106 cm³/mol. The topological polar surface area (TPSA) is 79.0 Å². The van der Waals surface area contributed by atoms with Crippen LogP contribution in [0.3, 0.4) is 0 Å². The van der Waals surface area contributed by atoms with Crippen molar-refractivity contribution in [1.82, 2.24) is 9.80 Å². The smallest absolute Gasteiger partial charge is 0.327 e. The lowest BCUT2D eigenvalue weighted by Gasteiger charge is -2.35. The summed E-state index contributed by atoms with van der Waals surface area (Å²) < 4.78 is 5.65. The zero-order chi connectivity index (χ0) is 20.5. The highest BCUT2D eigenvalue weighted by Gasteiger charge is 2.55. The number of imide groups is 1. The third-order valence-corrected chi connectivity index (χ3v) is 5.63. The first kappa shape index (κ1) is 20.2. The van der Waals surface area contributed by atoms with Gasteiger partial charge in [-0.05, 0) is 57.4 Å². The zero-order valence-corrected chi connectivity index (χ0v) is 17.1. The van der Waals surface area contributed by atoms with Crippen molar-refractivity contribution in [2.45, 2.75) is 64.5 Å². The number of likely N-dealkylation sites (N-methyl/N-ethyl adjacent to an activating group) is 1. The van der Waals surface area contributed by atoms with Crippen LogP contribution in [-0.2, 0) is 9.59 Å². The minimum atomic E-state index is -0.763. The van der Waals surface area contributed by atoms with Crippen molar-refractivity contribution in [1.29, 1.82) is 0 Å². The number of nitrogens with one attached hydrogen (secondary N) is 1. The van der Waals surface area contributed by atoms with Gasteiger partial charge in [0, 0.05) is 12.7 Å². The molecule has 0 atom stereocenters. The Balaban J connectivity index is 1.68. The van der Waals surface area contributed by atoms with Crippen molar-refractivity contribution in [3.8, 4) is 5.75 Å². The van der Waals surface area contributed by atoms with Crippen LogP contribution in [-0.4, -0.2) is 52.9 Å². The van der Waals surface area contributed by atoms with E-state index in [2.05, 4.69) is 5.32 Å². The molecule has 7 heteroatoms. The van der Waals surface area contributed by atoms with Gasteiger partial charge in [0.2, 0.25) is 5.91 Å². The van der Waals surface area contributed by atoms with E-state index >= 15 is 0 Å². The molecule has 1 heterocycles. The van der Waals surface area contributed by atoms with E-state index in [4.69, 9.17) is 4.74 Å². The van der Waals surface area contributed by atoms with Crippen molar-refractivity contribution in [3.05, 3.63) is 23.8 Å². The molecule has 1 N–H and O–H groups in total. The fourth-order valence-corrected chi connectivity index (χ4v) is 4.13. The van der Waals surface area contributed by atoms with Crippen LogP contribution < -0.4 is 10.1 Å². The Morgan fingerprint density at radius 1 is 1.21 bits per heavy atom. The number of hydrogen-bond donors (Lipinski definition) is 1. The van der Waals surface area contributed by atoms with Crippen LogP contribution in [0.5, 0.6) is 5.75 Å². The van der Waals surface area contributed by atoms with E-state index in [-0.39, 0.29) is 30.5 Å². The van der Waals surface area contributed by atoms with Gasteiger partial charge in [0.15, 0.2) is 0 Å². The number of carbonyl (C=O) groups is 3. The van der Waals surface area contributed by atoms with Crippen molar-refractivity contribution in [2.24, 2.45) is 0 Å². The molecule has 0 unspecified atom stereocenters. The van der Waals surface area contributed by atoms with Crippen molar-refractivity contribution < 1.29 is 19.1 Å². The van der Waals surface area contributed by atoms with Crippen LogP contribution in [0.4, 0.5) is 10.5 Å². The highest BCUT2D eigenvalue weighted by Crippen LogP contribution is 2.39. The molecule has 1 aliphatic heterocycles. The van der Waals surface area contributed by atoms with E-state index < -0.39 is 5.54 Å². The summed E-state index contributed by atoms with van der Waals surface area (Å²) in [4.78, 5) is 40.8. The molecule has 1 spiro atoms. The Morgan fingerprint density at radius 3 is 2.50 bits per heavy atom. The first-order chi connectivity index (χ1) is 13.2. The minimum Gasteiger partial charge on any atom is -0.491 e. The molecule has 0 bridgehead atoms. The number of ether oxygens (including phenoxy) is 1. The average molecular weight is 387 g/mol. The normalized spacial score (nSPS) is 18.9. The summed E-state index contributed by atoms with van der Waals surface area (Å²) in [6, 6.07) is 5.03. The van der Waals surface area contributed by atoms with E-state index in [1.807, 2.05) is 26.8 Å². The molecule has 1 aliphatic carbocycles. The van der Waals surface area contributed by atoms with Gasteiger partial charge in [0.05, 0.1) is 6.10 Å². The standard InChI is InChI=1S/C21H29N3O4/c1-14(2)28-16-8-9-17(15(3)12-16)22-18(25)13-24-19(26)21(23(4)20(24)27)10-6-5-7-11-21/h8-9,12,14H,5-7,10-11,13H2,1-4H3,(H,22,25). The summed E-state index contributed by atoms with van der Waals surface area (Å²) in [6.07, 6.45) is 4.33. The molecule has 0 aromatic heterocycles. The van der Waals surface area contributed by atoms with Crippen LogP contribution >= 0.6 is 0 Å². The largest absolute Gasteiger partial charge is 0.491 e. The maximum atomic E-state index is 13.0. The van der Waals surface area contributed by atoms with Gasteiger partial charge in [-0.2, -0.15) is 0 Å². The number of rotatable bonds is 5. The second-order valence-electron chi connectivity index (χ2n) is 8.02. The number of hydrogen-bond acceptors (Lipinski definition) is 4. The van der Waals surface area contributed by atoms with Crippen molar-refractivity contribution in [2.75, 3.05) is 18.9 Å². The number of urea groups is 1. The van der Waals surface area contributed by atoms with Gasteiger partial charge in [0.1, 0.15) is 17.8 Å². The lowest BCUT2D eigenvalue weighted by molar-refractivity contribution is -0.136. The fourth-order valence-electron chi connectivity index (χ4n) is 4.13. The molecule has 152 valence electrons. The Morgan fingerprint density at radius 2 is 1.89 bits per heavy atom. The predicted octanol–water partition coefficient (Wildman–Crippen LogP) is 3.32. The van der Waals surface area contributed by atoms with E-state index in [1.54, 1.807) is 19.2 Å². The van der Waals surface area contributed by atoms with Crippen LogP contribution in [0.25, 0.3) is 0 Å². The molecular weight excluding hydrogens is 358 g/mol. The van der Waals surface area contributed by atoms with Crippen LogP contribution in [0, 0.1) is 6.92 Å². The van der Waals surface area contributed by atoms with Gasteiger partial charge in [-0.3, -0.25) is 14.5 Å². The number of benzene rings is 1. The van der Waals surface area contributed by atoms with E-state index in [0.717, 1.165) is 35.5 Å². The molecule has 1 aromatic rings. The van der Waals surface area contributed by atoms with E-state index in [1.165, 1.54) is 4.90 Å².